The van der Waals surface area contributed by atoms with E-state index >= 15 is 0 Å². The first kappa shape index (κ1) is 12.9. The molecular weight excluding hydrogens is 268 g/mol. The van der Waals surface area contributed by atoms with Crippen LogP contribution in [0.15, 0.2) is 48.5 Å². The lowest BCUT2D eigenvalue weighted by molar-refractivity contribution is 0.245. The molecule has 1 heterocycles. The van der Waals surface area contributed by atoms with Gasteiger partial charge in [-0.1, -0.05) is 35.6 Å². The van der Waals surface area contributed by atoms with Crippen molar-refractivity contribution in [3.63, 3.8) is 0 Å². The summed E-state index contributed by atoms with van der Waals surface area (Å²) in [7, 11) is 0. The molecule has 0 fully saturated rings. The molecule has 0 bridgehead atoms. The molecule has 2 aromatic carbocycles. The number of aromatic nitrogens is 1. The van der Waals surface area contributed by atoms with Gasteiger partial charge in [0, 0.05) is 5.69 Å². The Hall–Kier alpha value is -2.07. The Kier molecular flexibility index (Phi) is 3.56. The Morgan fingerprint density at radius 2 is 1.85 bits per heavy atom. The monoisotopic (exact) mass is 284 g/mol. The number of hydrogen-bond acceptors (Lipinski definition) is 4. The van der Waals surface area contributed by atoms with Crippen molar-refractivity contribution in [2.75, 3.05) is 5.32 Å². The third-order valence-electron chi connectivity index (χ3n) is 2.77. The molecule has 0 aliphatic carbocycles. The van der Waals surface area contributed by atoms with Gasteiger partial charge in [-0.25, -0.2) is 4.98 Å². The van der Waals surface area contributed by atoms with E-state index in [1.54, 1.807) is 11.3 Å². The molecule has 0 atom stereocenters. The SMILES string of the molecule is CC(C)Oc1cccc2sc(Nc3ccccc3)nc12. The quantitative estimate of drug-likeness (QED) is 0.745. The zero-order valence-corrected chi connectivity index (χ0v) is 12.3. The maximum atomic E-state index is 5.81. The van der Waals surface area contributed by atoms with Gasteiger partial charge in [-0.05, 0) is 38.1 Å². The van der Waals surface area contributed by atoms with E-state index in [0.29, 0.717) is 0 Å². The average molecular weight is 284 g/mol. The number of nitrogens with one attached hydrogen (secondary N) is 1. The van der Waals surface area contributed by atoms with E-state index in [4.69, 9.17) is 4.74 Å². The van der Waals surface area contributed by atoms with E-state index in [1.165, 1.54) is 0 Å². The fraction of sp³-hybridized carbons (Fsp3) is 0.188. The molecule has 0 saturated carbocycles. The molecule has 0 radical (unpaired) electrons. The Morgan fingerprint density at radius 1 is 1.05 bits per heavy atom. The van der Waals surface area contributed by atoms with E-state index in [2.05, 4.69) is 16.4 Å². The number of rotatable bonds is 4. The number of para-hydroxylation sites is 2. The lowest BCUT2D eigenvalue weighted by Gasteiger charge is -2.09. The number of fused-ring (bicyclic) bond motifs is 1. The summed E-state index contributed by atoms with van der Waals surface area (Å²) in [6.45, 7) is 4.04. The third-order valence-corrected chi connectivity index (χ3v) is 3.71. The van der Waals surface area contributed by atoms with Crippen LogP contribution >= 0.6 is 11.3 Å². The molecule has 0 aliphatic rings. The van der Waals surface area contributed by atoms with E-state index in [9.17, 15) is 0 Å². The van der Waals surface area contributed by atoms with Crippen LogP contribution in [0, 0.1) is 0 Å². The minimum atomic E-state index is 0.146. The van der Waals surface area contributed by atoms with Crippen LogP contribution in [-0.4, -0.2) is 11.1 Å². The molecule has 3 rings (SSSR count). The molecule has 4 heteroatoms. The summed E-state index contributed by atoms with van der Waals surface area (Å²) in [6.07, 6.45) is 0.146. The van der Waals surface area contributed by atoms with Crippen LogP contribution in [-0.2, 0) is 0 Å². The topological polar surface area (TPSA) is 34.1 Å². The van der Waals surface area contributed by atoms with Gasteiger partial charge in [0.2, 0.25) is 0 Å². The van der Waals surface area contributed by atoms with Crippen molar-refractivity contribution in [1.29, 1.82) is 0 Å². The molecule has 1 aromatic heterocycles. The number of thiazole rings is 1. The number of nitrogens with zero attached hydrogens (tertiary/aromatic N) is 1. The fourth-order valence-corrected chi connectivity index (χ4v) is 2.87. The molecule has 0 spiro atoms. The molecule has 0 unspecified atom stereocenters. The molecular formula is C16H16N2OS. The van der Waals surface area contributed by atoms with Crippen LogP contribution in [0.1, 0.15) is 13.8 Å². The van der Waals surface area contributed by atoms with Crippen LogP contribution in [0.5, 0.6) is 5.75 Å². The smallest absolute Gasteiger partial charge is 0.188 e. The average Bonchev–Trinajstić information content (AvgIpc) is 2.83. The van der Waals surface area contributed by atoms with Gasteiger partial charge in [0.25, 0.3) is 0 Å². The second-order valence-electron chi connectivity index (χ2n) is 4.78. The van der Waals surface area contributed by atoms with Crippen LogP contribution in [0.2, 0.25) is 0 Å². The van der Waals surface area contributed by atoms with Gasteiger partial charge < -0.3 is 10.1 Å². The minimum Gasteiger partial charge on any atom is -0.489 e. The fourth-order valence-electron chi connectivity index (χ4n) is 1.97. The van der Waals surface area contributed by atoms with Crippen molar-refractivity contribution >= 4 is 32.4 Å². The highest BCUT2D eigenvalue weighted by molar-refractivity contribution is 7.22. The first-order valence-corrected chi connectivity index (χ1v) is 7.42. The summed E-state index contributed by atoms with van der Waals surface area (Å²) in [5.41, 5.74) is 1.96. The molecule has 0 amide bonds. The van der Waals surface area contributed by atoms with E-state index in [1.807, 2.05) is 56.3 Å². The molecule has 0 saturated heterocycles. The predicted molar refractivity (Wildman–Crippen MR) is 85.1 cm³/mol. The number of benzene rings is 2. The summed E-state index contributed by atoms with van der Waals surface area (Å²) in [5.74, 6) is 0.842. The van der Waals surface area contributed by atoms with Crippen molar-refractivity contribution in [3.8, 4) is 5.75 Å². The van der Waals surface area contributed by atoms with Gasteiger partial charge in [-0.2, -0.15) is 0 Å². The number of ether oxygens (including phenoxy) is 1. The van der Waals surface area contributed by atoms with Gasteiger partial charge in [-0.3, -0.25) is 0 Å². The summed E-state index contributed by atoms with van der Waals surface area (Å²) in [4.78, 5) is 4.64. The molecule has 20 heavy (non-hydrogen) atoms. The predicted octanol–water partition coefficient (Wildman–Crippen LogP) is 4.83. The second-order valence-corrected chi connectivity index (χ2v) is 5.81. The minimum absolute atomic E-state index is 0.146. The van der Waals surface area contributed by atoms with Crippen LogP contribution in [0.4, 0.5) is 10.8 Å². The van der Waals surface area contributed by atoms with Gasteiger partial charge in [0.1, 0.15) is 11.3 Å². The molecule has 3 nitrogen and oxygen atoms in total. The highest BCUT2D eigenvalue weighted by atomic mass is 32.1. The third kappa shape index (κ3) is 2.75. The van der Waals surface area contributed by atoms with E-state index in [-0.39, 0.29) is 6.10 Å². The second kappa shape index (κ2) is 5.51. The standard InChI is InChI=1S/C16H16N2OS/c1-11(2)19-13-9-6-10-14-15(13)18-16(20-14)17-12-7-4-3-5-8-12/h3-11H,1-2H3,(H,17,18). The van der Waals surface area contributed by atoms with Crippen LogP contribution in [0.3, 0.4) is 0 Å². The maximum Gasteiger partial charge on any atom is 0.188 e. The number of anilines is 2. The van der Waals surface area contributed by atoms with Gasteiger partial charge in [0.15, 0.2) is 5.13 Å². The first-order chi connectivity index (χ1) is 9.72. The lowest BCUT2D eigenvalue weighted by atomic mass is 10.3. The summed E-state index contributed by atoms with van der Waals surface area (Å²) in [5, 5.41) is 4.21. The maximum absolute atomic E-state index is 5.81. The number of hydrogen-bond donors (Lipinski definition) is 1. The van der Waals surface area contributed by atoms with Crippen molar-refractivity contribution in [2.24, 2.45) is 0 Å². The van der Waals surface area contributed by atoms with E-state index in [0.717, 1.165) is 26.8 Å². The van der Waals surface area contributed by atoms with Crippen molar-refractivity contribution in [1.82, 2.24) is 4.98 Å². The van der Waals surface area contributed by atoms with Crippen molar-refractivity contribution in [3.05, 3.63) is 48.5 Å². The highest BCUT2D eigenvalue weighted by Gasteiger charge is 2.10. The normalized spacial score (nSPS) is 10.9. The Balaban J connectivity index is 1.94. The van der Waals surface area contributed by atoms with Crippen molar-refractivity contribution in [2.45, 2.75) is 20.0 Å². The lowest BCUT2D eigenvalue weighted by Crippen LogP contribution is -2.05. The van der Waals surface area contributed by atoms with Gasteiger partial charge in [-0.15, -0.1) is 0 Å². The van der Waals surface area contributed by atoms with Gasteiger partial charge >= 0.3 is 0 Å². The first-order valence-electron chi connectivity index (χ1n) is 6.60. The molecule has 0 aliphatic heterocycles. The molecule has 1 N–H and O–H groups in total. The van der Waals surface area contributed by atoms with Crippen LogP contribution in [0.25, 0.3) is 10.2 Å². The Bertz CT molecular complexity index is 707. The van der Waals surface area contributed by atoms with Gasteiger partial charge in [0.05, 0.1) is 10.8 Å². The molecule has 3 aromatic rings. The molecule has 102 valence electrons. The Labute approximate surface area is 122 Å². The van der Waals surface area contributed by atoms with E-state index < -0.39 is 0 Å². The summed E-state index contributed by atoms with van der Waals surface area (Å²) >= 11 is 1.63. The zero-order chi connectivity index (χ0) is 13.9. The Morgan fingerprint density at radius 3 is 2.60 bits per heavy atom. The summed E-state index contributed by atoms with van der Waals surface area (Å²) in [6, 6.07) is 16.1. The highest BCUT2D eigenvalue weighted by Crippen LogP contribution is 2.33. The summed E-state index contributed by atoms with van der Waals surface area (Å²) < 4.78 is 6.93. The zero-order valence-electron chi connectivity index (χ0n) is 11.5. The van der Waals surface area contributed by atoms with Crippen LogP contribution < -0.4 is 10.1 Å². The van der Waals surface area contributed by atoms with Crippen molar-refractivity contribution < 1.29 is 4.74 Å². The largest absolute Gasteiger partial charge is 0.489 e.